The smallest absolute Gasteiger partial charge is 0.253 e. The maximum Gasteiger partial charge on any atom is 0.253 e. The van der Waals surface area contributed by atoms with Gasteiger partial charge < -0.3 is 9.80 Å². The predicted molar refractivity (Wildman–Crippen MR) is 105 cm³/mol. The topological polar surface area (TPSA) is 53.7 Å². The van der Waals surface area contributed by atoms with Crippen molar-refractivity contribution in [3.8, 4) is 0 Å². The molecule has 1 fully saturated rings. The van der Waals surface area contributed by atoms with Crippen LogP contribution in [0.15, 0.2) is 48.7 Å². The summed E-state index contributed by atoms with van der Waals surface area (Å²) in [6, 6.07) is 13.9. The Morgan fingerprint density at radius 3 is 2.93 bits per heavy atom. The highest BCUT2D eigenvalue weighted by Gasteiger charge is 2.28. The first kappa shape index (κ1) is 17.7. The number of hydrogen-bond donors (Lipinski definition) is 0. The second-order valence-corrected chi connectivity index (χ2v) is 7.52. The first-order valence-electron chi connectivity index (χ1n) is 9.44. The second kappa shape index (κ2) is 7.48. The van der Waals surface area contributed by atoms with Crippen LogP contribution in [0, 0.1) is 0 Å². The van der Waals surface area contributed by atoms with Gasteiger partial charge in [0.2, 0.25) is 0 Å². The molecule has 1 atom stereocenters. The van der Waals surface area contributed by atoms with Crippen LogP contribution in [0.25, 0.3) is 5.65 Å². The van der Waals surface area contributed by atoms with E-state index in [2.05, 4.69) is 21.2 Å². The molecule has 3 aromatic rings. The van der Waals surface area contributed by atoms with Crippen molar-refractivity contribution in [1.82, 2.24) is 24.4 Å². The molecule has 1 aliphatic heterocycles. The molecule has 0 spiro atoms. The molecule has 0 saturated carbocycles. The highest BCUT2D eigenvalue weighted by molar-refractivity contribution is 5.94. The maximum atomic E-state index is 13.1. The van der Waals surface area contributed by atoms with E-state index in [1.54, 1.807) is 0 Å². The lowest BCUT2D eigenvalue weighted by atomic mass is 9.96. The number of nitrogens with zero attached hydrogens (tertiary/aromatic N) is 5. The standard InChI is InChI=1S/C21H25N5O/c1-24(2)14-16-7-5-8-17(13-16)21(27)25-11-6-9-18(15-25)20-23-22-19-10-3-4-12-26(19)20/h3-5,7-8,10,12-13,18H,6,9,11,14-15H2,1-2H3. The number of fused-ring (bicyclic) bond motifs is 1. The molecule has 6 heteroatoms. The molecule has 4 rings (SSSR count). The molecule has 1 unspecified atom stereocenters. The van der Waals surface area contributed by atoms with Crippen LogP contribution < -0.4 is 0 Å². The molecular formula is C21H25N5O. The third-order valence-electron chi connectivity index (χ3n) is 5.09. The van der Waals surface area contributed by atoms with Crippen molar-refractivity contribution in [3.63, 3.8) is 0 Å². The van der Waals surface area contributed by atoms with Crippen molar-refractivity contribution in [2.75, 3.05) is 27.2 Å². The maximum absolute atomic E-state index is 13.1. The summed E-state index contributed by atoms with van der Waals surface area (Å²) in [5.74, 6) is 1.27. The number of carbonyl (C=O) groups is 1. The zero-order valence-corrected chi connectivity index (χ0v) is 15.9. The van der Waals surface area contributed by atoms with Gasteiger partial charge in [-0.1, -0.05) is 18.2 Å². The van der Waals surface area contributed by atoms with Gasteiger partial charge in [-0.25, -0.2) is 0 Å². The summed E-state index contributed by atoms with van der Waals surface area (Å²) >= 11 is 0. The van der Waals surface area contributed by atoms with Crippen LogP contribution in [0.3, 0.4) is 0 Å². The molecule has 0 radical (unpaired) electrons. The minimum atomic E-state index is 0.106. The van der Waals surface area contributed by atoms with Crippen LogP contribution in [0.5, 0.6) is 0 Å². The van der Waals surface area contributed by atoms with E-state index in [1.165, 1.54) is 0 Å². The van der Waals surface area contributed by atoms with Gasteiger partial charge in [-0.2, -0.15) is 0 Å². The average molecular weight is 363 g/mol. The molecule has 6 nitrogen and oxygen atoms in total. The van der Waals surface area contributed by atoms with Gasteiger partial charge in [0.25, 0.3) is 5.91 Å². The minimum Gasteiger partial charge on any atom is -0.338 e. The van der Waals surface area contributed by atoms with E-state index in [1.807, 2.05) is 66.0 Å². The monoisotopic (exact) mass is 363 g/mol. The van der Waals surface area contributed by atoms with E-state index in [0.717, 1.165) is 48.5 Å². The number of amides is 1. The van der Waals surface area contributed by atoms with E-state index in [-0.39, 0.29) is 11.8 Å². The number of benzene rings is 1. The molecule has 0 bridgehead atoms. The van der Waals surface area contributed by atoms with E-state index in [4.69, 9.17) is 0 Å². The number of hydrogen-bond acceptors (Lipinski definition) is 4. The van der Waals surface area contributed by atoms with Gasteiger partial charge in [0, 0.05) is 37.3 Å². The van der Waals surface area contributed by atoms with Gasteiger partial charge >= 0.3 is 0 Å². The molecule has 0 N–H and O–H groups in total. The predicted octanol–water partition coefficient (Wildman–Crippen LogP) is 2.81. The summed E-state index contributed by atoms with van der Waals surface area (Å²) in [5.41, 5.74) is 2.77. The summed E-state index contributed by atoms with van der Waals surface area (Å²) in [5, 5.41) is 8.67. The van der Waals surface area contributed by atoms with Crippen LogP contribution in [0.1, 0.15) is 40.5 Å². The lowest BCUT2D eigenvalue weighted by molar-refractivity contribution is 0.0704. The molecule has 1 aromatic carbocycles. The SMILES string of the molecule is CN(C)Cc1cccc(C(=O)N2CCCC(c3nnc4ccccn34)C2)c1. The zero-order chi connectivity index (χ0) is 18.8. The molecule has 0 aliphatic carbocycles. The summed E-state index contributed by atoms with van der Waals surface area (Å²) in [7, 11) is 4.07. The average Bonchev–Trinajstić information content (AvgIpc) is 3.11. The van der Waals surface area contributed by atoms with Gasteiger partial charge in [0.05, 0.1) is 0 Å². The summed E-state index contributed by atoms with van der Waals surface area (Å²) in [6.07, 6.45) is 4.01. The molecule has 1 aliphatic rings. The molecule has 1 amide bonds. The lowest BCUT2D eigenvalue weighted by Crippen LogP contribution is -2.39. The third-order valence-corrected chi connectivity index (χ3v) is 5.09. The zero-order valence-electron chi connectivity index (χ0n) is 15.9. The highest BCUT2D eigenvalue weighted by atomic mass is 16.2. The van der Waals surface area contributed by atoms with Crippen LogP contribution in [0.2, 0.25) is 0 Å². The third kappa shape index (κ3) is 3.71. The Kier molecular flexibility index (Phi) is 4.90. The molecule has 1 saturated heterocycles. The highest BCUT2D eigenvalue weighted by Crippen LogP contribution is 2.27. The number of piperidine rings is 1. The fourth-order valence-corrected chi connectivity index (χ4v) is 3.86. The largest absolute Gasteiger partial charge is 0.338 e. The lowest BCUT2D eigenvalue weighted by Gasteiger charge is -2.32. The van der Waals surface area contributed by atoms with Gasteiger partial charge in [-0.05, 0) is 56.8 Å². The van der Waals surface area contributed by atoms with Gasteiger partial charge in [0.15, 0.2) is 5.65 Å². The van der Waals surface area contributed by atoms with E-state index in [0.29, 0.717) is 6.54 Å². The van der Waals surface area contributed by atoms with Gasteiger partial charge in [-0.3, -0.25) is 9.20 Å². The summed E-state index contributed by atoms with van der Waals surface area (Å²) in [4.78, 5) is 17.2. The number of likely N-dealkylation sites (tertiary alicyclic amines) is 1. The Labute approximate surface area is 159 Å². The number of rotatable bonds is 4. The molecular weight excluding hydrogens is 338 g/mol. The fraction of sp³-hybridized carbons (Fsp3) is 0.381. The van der Waals surface area contributed by atoms with Crippen molar-refractivity contribution < 1.29 is 4.79 Å². The Balaban J connectivity index is 1.53. The summed E-state index contributed by atoms with van der Waals surface area (Å²) in [6.45, 7) is 2.31. The van der Waals surface area contributed by atoms with Crippen LogP contribution >= 0.6 is 0 Å². The molecule has 140 valence electrons. The van der Waals surface area contributed by atoms with Gasteiger partial charge in [0.1, 0.15) is 5.82 Å². The van der Waals surface area contributed by atoms with Crippen LogP contribution in [-0.4, -0.2) is 57.5 Å². The second-order valence-electron chi connectivity index (χ2n) is 7.52. The van der Waals surface area contributed by atoms with Crippen LogP contribution in [-0.2, 0) is 6.54 Å². The number of pyridine rings is 1. The van der Waals surface area contributed by atoms with Gasteiger partial charge in [-0.15, -0.1) is 10.2 Å². The quantitative estimate of drug-likeness (QED) is 0.715. The Hall–Kier alpha value is -2.73. The first-order valence-corrected chi connectivity index (χ1v) is 9.44. The van der Waals surface area contributed by atoms with E-state index in [9.17, 15) is 4.79 Å². The van der Waals surface area contributed by atoms with Crippen LogP contribution in [0.4, 0.5) is 0 Å². The van der Waals surface area contributed by atoms with E-state index >= 15 is 0 Å². The molecule has 2 aromatic heterocycles. The summed E-state index contributed by atoms with van der Waals surface area (Å²) < 4.78 is 2.04. The van der Waals surface area contributed by atoms with Crippen molar-refractivity contribution in [2.45, 2.75) is 25.3 Å². The van der Waals surface area contributed by atoms with E-state index < -0.39 is 0 Å². The van der Waals surface area contributed by atoms with Crippen molar-refractivity contribution >= 4 is 11.6 Å². The van der Waals surface area contributed by atoms with Crippen molar-refractivity contribution in [2.24, 2.45) is 0 Å². The van der Waals surface area contributed by atoms with Crippen molar-refractivity contribution in [1.29, 1.82) is 0 Å². The fourth-order valence-electron chi connectivity index (χ4n) is 3.86. The number of carbonyl (C=O) groups excluding carboxylic acids is 1. The number of aromatic nitrogens is 3. The first-order chi connectivity index (χ1) is 13.1. The van der Waals surface area contributed by atoms with Crippen molar-refractivity contribution in [3.05, 3.63) is 65.6 Å². The molecule has 3 heterocycles. The normalized spacial score (nSPS) is 17.6. The Bertz CT molecular complexity index is 948. The minimum absolute atomic E-state index is 0.106. The Morgan fingerprint density at radius 1 is 1.19 bits per heavy atom. The molecule has 27 heavy (non-hydrogen) atoms. The Morgan fingerprint density at radius 2 is 2.07 bits per heavy atom.